The average Bonchev–Trinajstić information content (AvgIpc) is 2.14. The Morgan fingerprint density at radius 2 is 1.80 bits per heavy atom. The Balaban J connectivity index is 1.68. The van der Waals surface area contributed by atoms with Crippen molar-refractivity contribution in [1.82, 2.24) is 9.80 Å². The minimum absolute atomic E-state index is 0.749. The van der Waals surface area contributed by atoms with Crippen LogP contribution in [0.3, 0.4) is 0 Å². The molecule has 2 rings (SSSR count). The summed E-state index contributed by atoms with van der Waals surface area (Å²) in [5.74, 6) is 0.992. The summed E-state index contributed by atoms with van der Waals surface area (Å²) in [5.41, 5.74) is 0.749. The summed E-state index contributed by atoms with van der Waals surface area (Å²) < 4.78 is 0. The van der Waals surface area contributed by atoms with Crippen molar-refractivity contribution in [2.75, 3.05) is 40.3 Å². The molecular formula is C13H26N2. The van der Waals surface area contributed by atoms with Crippen molar-refractivity contribution in [3.63, 3.8) is 0 Å². The molecular weight excluding hydrogens is 184 g/mol. The normalized spacial score (nSPS) is 27.2. The van der Waals surface area contributed by atoms with Gasteiger partial charge >= 0.3 is 0 Å². The summed E-state index contributed by atoms with van der Waals surface area (Å²) in [7, 11) is 4.33. The maximum atomic E-state index is 2.63. The van der Waals surface area contributed by atoms with Gasteiger partial charge in [-0.05, 0) is 38.3 Å². The molecule has 0 aromatic carbocycles. The Morgan fingerprint density at radius 3 is 2.33 bits per heavy atom. The van der Waals surface area contributed by atoms with Gasteiger partial charge in [-0.15, -0.1) is 0 Å². The third-order valence-corrected chi connectivity index (χ3v) is 4.32. The predicted octanol–water partition coefficient (Wildman–Crippen LogP) is 2.06. The molecule has 1 aliphatic heterocycles. The maximum absolute atomic E-state index is 2.63. The Kier molecular flexibility index (Phi) is 3.36. The lowest BCUT2D eigenvalue weighted by Crippen LogP contribution is -2.58. The Hall–Kier alpha value is -0.0800. The van der Waals surface area contributed by atoms with Gasteiger partial charge in [-0.2, -0.15) is 0 Å². The highest BCUT2D eigenvalue weighted by molar-refractivity contribution is 4.97. The SMILES string of the molecule is CC1CCC2(CC1)CN(CCN(C)C)C2. The van der Waals surface area contributed by atoms with Gasteiger partial charge in [-0.3, -0.25) is 0 Å². The highest BCUT2D eigenvalue weighted by Crippen LogP contribution is 2.45. The van der Waals surface area contributed by atoms with Crippen LogP contribution in [-0.4, -0.2) is 50.1 Å². The largest absolute Gasteiger partial charge is 0.308 e. The lowest BCUT2D eigenvalue weighted by atomic mass is 9.66. The molecule has 88 valence electrons. The molecule has 0 aromatic heterocycles. The Morgan fingerprint density at radius 1 is 1.20 bits per heavy atom. The van der Waals surface area contributed by atoms with E-state index in [2.05, 4.69) is 30.8 Å². The van der Waals surface area contributed by atoms with E-state index < -0.39 is 0 Å². The van der Waals surface area contributed by atoms with Gasteiger partial charge in [0.15, 0.2) is 0 Å². The Bertz CT molecular complexity index is 197. The summed E-state index contributed by atoms with van der Waals surface area (Å²) in [5, 5.41) is 0. The number of likely N-dealkylation sites (N-methyl/N-ethyl adjacent to an activating group) is 1. The molecule has 0 radical (unpaired) electrons. The minimum Gasteiger partial charge on any atom is -0.308 e. The fourth-order valence-electron chi connectivity index (χ4n) is 3.09. The highest BCUT2D eigenvalue weighted by Gasteiger charge is 2.43. The van der Waals surface area contributed by atoms with Crippen LogP contribution in [0.2, 0.25) is 0 Å². The monoisotopic (exact) mass is 210 g/mol. The van der Waals surface area contributed by atoms with Crippen molar-refractivity contribution < 1.29 is 0 Å². The highest BCUT2D eigenvalue weighted by atomic mass is 15.2. The Labute approximate surface area is 94.6 Å². The van der Waals surface area contributed by atoms with Crippen LogP contribution in [0.5, 0.6) is 0 Å². The van der Waals surface area contributed by atoms with Crippen molar-refractivity contribution in [3.8, 4) is 0 Å². The molecule has 0 unspecified atom stereocenters. The molecule has 0 atom stereocenters. The van der Waals surface area contributed by atoms with E-state index in [4.69, 9.17) is 0 Å². The molecule has 0 aromatic rings. The van der Waals surface area contributed by atoms with Crippen LogP contribution in [0.4, 0.5) is 0 Å². The van der Waals surface area contributed by atoms with Crippen LogP contribution < -0.4 is 0 Å². The summed E-state index contributed by atoms with van der Waals surface area (Å²) in [6, 6.07) is 0. The fourth-order valence-corrected chi connectivity index (χ4v) is 3.09. The molecule has 0 N–H and O–H groups in total. The molecule has 1 aliphatic carbocycles. The number of nitrogens with zero attached hydrogens (tertiary/aromatic N) is 2. The van der Waals surface area contributed by atoms with E-state index in [1.807, 2.05) is 0 Å². The summed E-state index contributed by atoms with van der Waals surface area (Å²) >= 11 is 0. The van der Waals surface area contributed by atoms with Crippen LogP contribution in [0.15, 0.2) is 0 Å². The minimum atomic E-state index is 0.749. The quantitative estimate of drug-likeness (QED) is 0.703. The molecule has 0 amide bonds. The molecule has 2 nitrogen and oxygen atoms in total. The zero-order valence-corrected chi connectivity index (χ0v) is 10.6. The second-order valence-corrected chi connectivity index (χ2v) is 6.20. The van der Waals surface area contributed by atoms with E-state index in [0.717, 1.165) is 11.3 Å². The van der Waals surface area contributed by atoms with Crippen molar-refractivity contribution in [3.05, 3.63) is 0 Å². The first-order valence-electron chi connectivity index (χ1n) is 6.47. The van der Waals surface area contributed by atoms with Gasteiger partial charge in [0.2, 0.25) is 0 Å². The van der Waals surface area contributed by atoms with Gasteiger partial charge in [0.1, 0.15) is 0 Å². The summed E-state index contributed by atoms with van der Waals surface area (Å²) in [4.78, 5) is 4.92. The van der Waals surface area contributed by atoms with E-state index in [0.29, 0.717) is 0 Å². The van der Waals surface area contributed by atoms with Gasteiger partial charge in [-0.25, -0.2) is 0 Å². The summed E-state index contributed by atoms with van der Waals surface area (Å²) in [6.45, 7) is 7.66. The number of likely N-dealkylation sites (tertiary alicyclic amines) is 1. The fraction of sp³-hybridized carbons (Fsp3) is 1.00. The zero-order chi connectivity index (χ0) is 10.9. The van der Waals surface area contributed by atoms with Crippen LogP contribution in [0.25, 0.3) is 0 Å². The van der Waals surface area contributed by atoms with E-state index in [1.165, 1.54) is 51.9 Å². The second kappa shape index (κ2) is 4.42. The van der Waals surface area contributed by atoms with Gasteiger partial charge in [0.05, 0.1) is 0 Å². The van der Waals surface area contributed by atoms with Gasteiger partial charge in [0, 0.05) is 26.2 Å². The lowest BCUT2D eigenvalue weighted by Gasteiger charge is -2.53. The van der Waals surface area contributed by atoms with Crippen molar-refractivity contribution in [1.29, 1.82) is 0 Å². The molecule has 1 saturated heterocycles. The third-order valence-electron chi connectivity index (χ3n) is 4.32. The van der Waals surface area contributed by atoms with E-state index >= 15 is 0 Å². The van der Waals surface area contributed by atoms with Crippen molar-refractivity contribution in [2.24, 2.45) is 11.3 Å². The first-order chi connectivity index (χ1) is 7.10. The standard InChI is InChI=1S/C13H26N2/c1-12-4-6-13(7-5-12)10-15(11-13)9-8-14(2)3/h12H,4-11H2,1-3H3. The van der Waals surface area contributed by atoms with Gasteiger partial charge in [-0.1, -0.05) is 19.8 Å². The summed E-state index contributed by atoms with van der Waals surface area (Å²) in [6.07, 6.45) is 5.93. The molecule has 2 heteroatoms. The number of rotatable bonds is 3. The molecule has 1 spiro atoms. The number of hydrogen-bond acceptors (Lipinski definition) is 2. The first kappa shape index (κ1) is 11.4. The van der Waals surface area contributed by atoms with Gasteiger partial charge in [0.25, 0.3) is 0 Å². The lowest BCUT2D eigenvalue weighted by molar-refractivity contribution is -0.0382. The molecule has 2 aliphatic rings. The second-order valence-electron chi connectivity index (χ2n) is 6.20. The van der Waals surface area contributed by atoms with Crippen LogP contribution in [0.1, 0.15) is 32.6 Å². The number of hydrogen-bond donors (Lipinski definition) is 0. The van der Waals surface area contributed by atoms with Crippen LogP contribution >= 0.6 is 0 Å². The first-order valence-corrected chi connectivity index (χ1v) is 6.47. The van der Waals surface area contributed by atoms with Crippen LogP contribution in [-0.2, 0) is 0 Å². The molecule has 1 saturated carbocycles. The van der Waals surface area contributed by atoms with E-state index in [-0.39, 0.29) is 0 Å². The molecule has 15 heavy (non-hydrogen) atoms. The van der Waals surface area contributed by atoms with Gasteiger partial charge < -0.3 is 9.80 Å². The van der Waals surface area contributed by atoms with E-state index in [9.17, 15) is 0 Å². The molecule has 1 heterocycles. The third kappa shape index (κ3) is 2.73. The van der Waals surface area contributed by atoms with Crippen LogP contribution in [0, 0.1) is 11.3 Å². The average molecular weight is 210 g/mol. The predicted molar refractivity (Wildman–Crippen MR) is 65.1 cm³/mol. The van der Waals surface area contributed by atoms with E-state index in [1.54, 1.807) is 0 Å². The topological polar surface area (TPSA) is 6.48 Å². The maximum Gasteiger partial charge on any atom is 0.0110 e. The van der Waals surface area contributed by atoms with Crippen molar-refractivity contribution >= 4 is 0 Å². The van der Waals surface area contributed by atoms with Crippen molar-refractivity contribution in [2.45, 2.75) is 32.6 Å². The molecule has 2 fully saturated rings. The zero-order valence-electron chi connectivity index (χ0n) is 10.6. The molecule has 0 bridgehead atoms. The smallest absolute Gasteiger partial charge is 0.0110 e.